The summed E-state index contributed by atoms with van der Waals surface area (Å²) in [4.78, 5) is 34.0. The SMILES string of the molecule is C=CC(=O)NCCCC[C@H](CC(=O)OCc1ccccc1)C(=O)O. The van der Waals surface area contributed by atoms with E-state index in [2.05, 4.69) is 11.9 Å². The van der Waals surface area contributed by atoms with E-state index in [0.717, 1.165) is 5.56 Å². The Morgan fingerprint density at radius 3 is 2.54 bits per heavy atom. The highest BCUT2D eigenvalue weighted by molar-refractivity contribution is 5.86. The summed E-state index contributed by atoms with van der Waals surface area (Å²) in [7, 11) is 0. The third-order valence-corrected chi connectivity index (χ3v) is 3.47. The number of aliphatic carboxylic acids is 1. The molecule has 6 heteroatoms. The summed E-state index contributed by atoms with van der Waals surface area (Å²) in [5.74, 6) is -2.56. The van der Waals surface area contributed by atoms with Gasteiger partial charge in [-0.1, -0.05) is 43.3 Å². The number of rotatable bonds is 11. The molecule has 0 saturated heterocycles. The summed E-state index contributed by atoms with van der Waals surface area (Å²) in [5, 5.41) is 11.8. The van der Waals surface area contributed by atoms with Crippen LogP contribution in [0.5, 0.6) is 0 Å². The van der Waals surface area contributed by atoms with Crippen molar-refractivity contribution in [1.82, 2.24) is 5.32 Å². The van der Waals surface area contributed by atoms with E-state index in [1.165, 1.54) is 6.08 Å². The van der Waals surface area contributed by atoms with E-state index in [1.54, 1.807) is 0 Å². The van der Waals surface area contributed by atoms with Crippen molar-refractivity contribution < 1.29 is 24.2 Å². The largest absolute Gasteiger partial charge is 0.481 e. The van der Waals surface area contributed by atoms with Gasteiger partial charge in [0.25, 0.3) is 0 Å². The van der Waals surface area contributed by atoms with Crippen LogP contribution in [-0.4, -0.2) is 29.5 Å². The van der Waals surface area contributed by atoms with Gasteiger partial charge in [0.15, 0.2) is 0 Å². The molecule has 0 aliphatic rings. The number of esters is 1. The van der Waals surface area contributed by atoms with Gasteiger partial charge in [-0.25, -0.2) is 0 Å². The van der Waals surface area contributed by atoms with E-state index in [0.29, 0.717) is 25.8 Å². The first-order chi connectivity index (χ1) is 11.5. The maximum atomic E-state index is 11.8. The molecular formula is C18H23NO5. The predicted molar refractivity (Wildman–Crippen MR) is 89.0 cm³/mol. The van der Waals surface area contributed by atoms with Gasteiger partial charge in [-0.3, -0.25) is 14.4 Å². The maximum absolute atomic E-state index is 11.8. The number of amides is 1. The summed E-state index contributed by atoms with van der Waals surface area (Å²) in [6.07, 6.45) is 2.63. The number of carboxylic acid groups (broad SMARTS) is 1. The van der Waals surface area contributed by atoms with Gasteiger partial charge in [0, 0.05) is 6.54 Å². The van der Waals surface area contributed by atoms with Crippen molar-refractivity contribution in [2.45, 2.75) is 32.3 Å². The second-order valence-corrected chi connectivity index (χ2v) is 5.38. The average molecular weight is 333 g/mol. The Morgan fingerprint density at radius 2 is 1.92 bits per heavy atom. The summed E-state index contributed by atoms with van der Waals surface area (Å²) < 4.78 is 5.11. The Hall–Kier alpha value is -2.63. The number of hydrogen-bond donors (Lipinski definition) is 2. The number of carboxylic acids is 1. The Morgan fingerprint density at radius 1 is 1.21 bits per heavy atom. The number of carbonyl (C=O) groups excluding carboxylic acids is 2. The topological polar surface area (TPSA) is 92.7 Å². The van der Waals surface area contributed by atoms with Crippen LogP contribution < -0.4 is 5.32 Å². The number of ether oxygens (including phenoxy) is 1. The zero-order valence-electron chi connectivity index (χ0n) is 13.6. The van der Waals surface area contributed by atoms with Gasteiger partial charge >= 0.3 is 11.9 Å². The molecule has 0 saturated carbocycles. The van der Waals surface area contributed by atoms with Gasteiger partial charge in [-0.2, -0.15) is 0 Å². The van der Waals surface area contributed by atoms with Crippen molar-refractivity contribution in [2.24, 2.45) is 5.92 Å². The van der Waals surface area contributed by atoms with Gasteiger partial charge in [-0.15, -0.1) is 0 Å². The van der Waals surface area contributed by atoms with E-state index in [9.17, 15) is 19.5 Å². The number of carbonyl (C=O) groups is 3. The molecule has 130 valence electrons. The van der Waals surface area contributed by atoms with Crippen LogP contribution in [0, 0.1) is 5.92 Å². The first-order valence-corrected chi connectivity index (χ1v) is 7.85. The van der Waals surface area contributed by atoms with Crippen molar-refractivity contribution in [3.63, 3.8) is 0 Å². The molecule has 0 aliphatic carbocycles. The highest BCUT2D eigenvalue weighted by Gasteiger charge is 2.21. The highest BCUT2D eigenvalue weighted by Crippen LogP contribution is 2.15. The molecule has 0 aliphatic heterocycles. The van der Waals surface area contributed by atoms with Crippen molar-refractivity contribution in [1.29, 1.82) is 0 Å². The van der Waals surface area contributed by atoms with Crippen molar-refractivity contribution >= 4 is 17.8 Å². The zero-order valence-corrected chi connectivity index (χ0v) is 13.6. The van der Waals surface area contributed by atoms with E-state index in [4.69, 9.17) is 4.74 Å². The second-order valence-electron chi connectivity index (χ2n) is 5.38. The first-order valence-electron chi connectivity index (χ1n) is 7.85. The van der Waals surface area contributed by atoms with Crippen LogP contribution in [0.15, 0.2) is 43.0 Å². The molecule has 1 aromatic carbocycles. The fraction of sp³-hybridized carbons (Fsp3) is 0.389. The van der Waals surface area contributed by atoms with Gasteiger partial charge in [0.1, 0.15) is 6.61 Å². The lowest BCUT2D eigenvalue weighted by Crippen LogP contribution is -2.23. The maximum Gasteiger partial charge on any atom is 0.307 e. The summed E-state index contributed by atoms with van der Waals surface area (Å²) in [6, 6.07) is 9.21. The summed E-state index contributed by atoms with van der Waals surface area (Å²) >= 11 is 0. The van der Waals surface area contributed by atoms with Crippen molar-refractivity contribution in [2.75, 3.05) is 6.54 Å². The molecule has 0 unspecified atom stereocenters. The number of nitrogens with one attached hydrogen (secondary N) is 1. The average Bonchev–Trinajstić information content (AvgIpc) is 2.59. The molecule has 1 aromatic rings. The smallest absolute Gasteiger partial charge is 0.307 e. The highest BCUT2D eigenvalue weighted by atomic mass is 16.5. The Labute approximate surface area is 141 Å². The fourth-order valence-corrected chi connectivity index (χ4v) is 2.11. The third kappa shape index (κ3) is 8.12. The lowest BCUT2D eigenvalue weighted by atomic mass is 9.98. The van der Waals surface area contributed by atoms with Gasteiger partial charge < -0.3 is 15.2 Å². The molecule has 0 heterocycles. The molecule has 0 fully saturated rings. The summed E-state index contributed by atoms with van der Waals surface area (Å²) in [5.41, 5.74) is 0.857. The Balaban J connectivity index is 2.29. The van der Waals surface area contributed by atoms with Crippen molar-refractivity contribution in [3.05, 3.63) is 48.6 Å². The lowest BCUT2D eigenvalue weighted by Gasteiger charge is -2.12. The molecule has 1 amide bonds. The first kappa shape index (κ1) is 19.4. The molecule has 24 heavy (non-hydrogen) atoms. The molecule has 0 bridgehead atoms. The summed E-state index contributed by atoms with van der Waals surface area (Å²) in [6.45, 7) is 3.93. The molecule has 6 nitrogen and oxygen atoms in total. The van der Waals surface area contributed by atoms with Crippen LogP contribution in [0.2, 0.25) is 0 Å². The minimum atomic E-state index is -1.01. The predicted octanol–water partition coefficient (Wildman–Crippen LogP) is 2.29. The molecule has 0 radical (unpaired) electrons. The van der Waals surface area contributed by atoms with E-state index in [-0.39, 0.29) is 18.9 Å². The van der Waals surface area contributed by atoms with Gasteiger partial charge in [0.05, 0.1) is 12.3 Å². The minimum Gasteiger partial charge on any atom is -0.481 e. The number of benzene rings is 1. The number of unbranched alkanes of at least 4 members (excludes halogenated alkanes) is 1. The van der Waals surface area contributed by atoms with Crippen LogP contribution >= 0.6 is 0 Å². The van der Waals surface area contributed by atoms with Crippen LogP contribution in [0.3, 0.4) is 0 Å². The van der Waals surface area contributed by atoms with E-state index >= 15 is 0 Å². The lowest BCUT2D eigenvalue weighted by molar-refractivity contribution is -0.152. The number of hydrogen-bond acceptors (Lipinski definition) is 4. The second kappa shape index (κ2) is 11.0. The van der Waals surface area contributed by atoms with Gasteiger partial charge in [0.2, 0.25) is 5.91 Å². The molecular weight excluding hydrogens is 310 g/mol. The third-order valence-electron chi connectivity index (χ3n) is 3.47. The molecule has 0 spiro atoms. The van der Waals surface area contributed by atoms with E-state index < -0.39 is 17.9 Å². The quantitative estimate of drug-likeness (QED) is 0.368. The van der Waals surface area contributed by atoms with Crippen LogP contribution in [0.25, 0.3) is 0 Å². The van der Waals surface area contributed by atoms with E-state index in [1.807, 2.05) is 30.3 Å². The standard InChI is InChI=1S/C18H23NO5/c1-2-16(20)19-11-7-6-10-15(18(22)23)12-17(21)24-13-14-8-4-3-5-9-14/h2-5,8-9,15H,1,6-7,10-13H2,(H,19,20)(H,22,23)/t15-/m1/s1. The van der Waals surface area contributed by atoms with Crippen LogP contribution in [-0.2, 0) is 25.7 Å². The molecule has 0 aromatic heterocycles. The van der Waals surface area contributed by atoms with Crippen LogP contribution in [0.1, 0.15) is 31.2 Å². The molecule has 1 atom stereocenters. The Bertz CT molecular complexity index is 556. The molecule has 1 rings (SSSR count). The minimum absolute atomic E-state index is 0.138. The zero-order chi connectivity index (χ0) is 17.8. The van der Waals surface area contributed by atoms with Crippen molar-refractivity contribution in [3.8, 4) is 0 Å². The Kier molecular flexibility index (Phi) is 8.89. The normalized spacial score (nSPS) is 11.3. The van der Waals surface area contributed by atoms with Gasteiger partial charge in [-0.05, 0) is 24.5 Å². The monoisotopic (exact) mass is 333 g/mol. The fourth-order valence-electron chi connectivity index (χ4n) is 2.11. The van der Waals surface area contributed by atoms with Crippen LogP contribution in [0.4, 0.5) is 0 Å². The molecule has 2 N–H and O–H groups in total.